The number of para-hydroxylation sites is 2. The van der Waals surface area contributed by atoms with Gasteiger partial charge in [0.2, 0.25) is 0 Å². The van der Waals surface area contributed by atoms with Crippen LogP contribution in [0.2, 0.25) is 0 Å². The molecule has 2 aromatic carbocycles. The van der Waals surface area contributed by atoms with E-state index >= 15 is 0 Å². The van der Waals surface area contributed by atoms with Crippen molar-refractivity contribution in [3.63, 3.8) is 0 Å². The third-order valence-electron chi connectivity index (χ3n) is 5.48. The monoisotopic (exact) mass is 561 g/mol. The number of carbonyl (C=O) groups excluding carboxylic acids is 2. The van der Waals surface area contributed by atoms with E-state index in [-0.39, 0.29) is 57.0 Å². The first-order valence-corrected chi connectivity index (χ1v) is 11.1. The molecule has 2 atom stereocenters. The number of likely N-dealkylation sites (N-methyl/N-ethyl adjacent to an activating group) is 1. The van der Waals surface area contributed by atoms with E-state index in [1.807, 2.05) is 60.7 Å². The van der Waals surface area contributed by atoms with Gasteiger partial charge in [-0.25, -0.2) is 9.59 Å². The van der Waals surface area contributed by atoms with Crippen LogP contribution in [0.5, 0.6) is 11.5 Å². The van der Waals surface area contributed by atoms with Gasteiger partial charge in [0.05, 0.1) is 6.17 Å². The van der Waals surface area contributed by atoms with E-state index in [1.165, 1.54) is 9.80 Å². The smallest absolute Gasteiger partial charge is 0.419 e. The second kappa shape index (κ2) is 13.0. The summed E-state index contributed by atoms with van der Waals surface area (Å²) in [5.41, 5.74) is 7.75. The van der Waals surface area contributed by atoms with Gasteiger partial charge in [-0.3, -0.25) is 9.80 Å². The molecule has 2 amide bonds. The molecule has 0 bridgehead atoms. The number of nitrogens with one attached hydrogen (secondary N) is 1. The number of hydrogen-bond donors (Lipinski definition) is 0. The minimum absolute atomic E-state index is 0. The zero-order valence-corrected chi connectivity index (χ0v) is 22.6. The van der Waals surface area contributed by atoms with E-state index in [1.54, 1.807) is 48.5 Å². The van der Waals surface area contributed by atoms with E-state index in [9.17, 15) is 9.59 Å². The molecule has 3 aliphatic rings. The molecule has 36 heavy (non-hydrogen) atoms. The summed E-state index contributed by atoms with van der Waals surface area (Å²) in [4.78, 5) is 32.8. The fourth-order valence-electron chi connectivity index (χ4n) is 3.62. The second-order valence-corrected chi connectivity index (χ2v) is 7.83. The van der Waals surface area contributed by atoms with E-state index in [0.29, 0.717) is 24.6 Å². The maximum Gasteiger partial charge on any atom is 0.419 e. The summed E-state index contributed by atoms with van der Waals surface area (Å²) in [6.45, 7) is 1.000. The third kappa shape index (κ3) is 6.83. The standard InChI is InChI=1S/C14H15N4O2.C12H11NO2.Y/c1-17-11-8-5-9-18(12(11)16-13(17)15)14(19)20-10-6-3-2-4-7-10;14-12(13-9-5-2-6-10-13)15-11-7-3-1-4-8-11;/h2-8,11-12H,9H2,1H3,(H-,15,16);1-9H,10H2;/q-1;;/t11-,12+;;/m1../s1. The maximum atomic E-state index is 12.2. The van der Waals surface area contributed by atoms with Crippen molar-refractivity contribution in [1.29, 1.82) is 0 Å². The van der Waals surface area contributed by atoms with Gasteiger partial charge < -0.3 is 25.1 Å². The molecule has 1 radical (unpaired) electrons. The molecule has 0 aliphatic carbocycles. The zero-order chi connectivity index (χ0) is 24.6. The number of aliphatic imine (C=N–C) groups is 1. The number of rotatable bonds is 2. The van der Waals surface area contributed by atoms with Gasteiger partial charge in [-0.15, -0.1) is 0 Å². The van der Waals surface area contributed by atoms with Crippen LogP contribution in [0.4, 0.5) is 9.59 Å². The summed E-state index contributed by atoms with van der Waals surface area (Å²) in [6.07, 6.45) is 9.98. The predicted octanol–water partition coefficient (Wildman–Crippen LogP) is 4.67. The fourth-order valence-corrected chi connectivity index (χ4v) is 3.62. The molecule has 0 unspecified atom stereocenters. The molecular weight excluding hydrogens is 535 g/mol. The van der Waals surface area contributed by atoms with Crippen molar-refractivity contribution in [2.75, 3.05) is 20.1 Å². The van der Waals surface area contributed by atoms with Crippen LogP contribution in [0.3, 0.4) is 0 Å². The molecule has 2 aromatic rings. The molecule has 1 N–H and O–H groups in total. The van der Waals surface area contributed by atoms with Gasteiger partial charge in [-0.05, 0) is 37.4 Å². The first-order valence-electron chi connectivity index (χ1n) is 11.1. The van der Waals surface area contributed by atoms with Gasteiger partial charge in [-0.2, -0.15) is 0 Å². The SMILES string of the molecule is CN1C([NH-])=N[C@@H]2[C@H]1C=CCN2C(=O)Oc1ccccc1.O=C(Oc1ccccc1)N1C=CC=CC1.[Y]. The maximum absolute atomic E-state index is 12.2. The number of carbonyl (C=O) groups is 2. The number of hydrogen-bond acceptors (Lipinski definition) is 6. The summed E-state index contributed by atoms with van der Waals surface area (Å²) in [5, 5.41) is 0. The van der Waals surface area contributed by atoms with Gasteiger partial charge in [0.25, 0.3) is 0 Å². The van der Waals surface area contributed by atoms with Crippen molar-refractivity contribution in [3.8, 4) is 11.5 Å². The topological polar surface area (TPSA) is 98.5 Å². The summed E-state index contributed by atoms with van der Waals surface area (Å²) in [7, 11) is 1.80. The summed E-state index contributed by atoms with van der Waals surface area (Å²) >= 11 is 0. The molecular formula is C26H26N5O4Y-. The number of allylic oxidation sites excluding steroid dienone is 2. The van der Waals surface area contributed by atoms with Crippen LogP contribution < -0.4 is 9.47 Å². The molecule has 9 nitrogen and oxygen atoms in total. The first kappa shape index (κ1) is 27.2. The number of benzene rings is 2. The van der Waals surface area contributed by atoms with Crippen LogP contribution in [0.15, 0.2) is 102 Å². The molecule has 10 heteroatoms. The first-order chi connectivity index (χ1) is 17.0. The molecule has 3 aliphatic heterocycles. The summed E-state index contributed by atoms with van der Waals surface area (Å²) < 4.78 is 10.5. The fraction of sp³-hybridized carbons (Fsp3) is 0.192. The Kier molecular flexibility index (Phi) is 9.84. The minimum atomic E-state index is -0.442. The number of fused-ring (bicyclic) bond motifs is 1. The molecule has 0 saturated heterocycles. The Morgan fingerprint density at radius 1 is 0.889 bits per heavy atom. The molecule has 5 rings (SSSR count). The van der Waals surface area contributed by atoms with Crippen LogP contribution in [0, 0.1) is 0 Å². The second-order valence-electron chi connectivity index (χ2n) is 7.83. The largest absolute Gasteiger partial charge is 0.420 e. The van der Waals surface area contributed by atoms with Gasteiger partial charge in [0, 0.05) is 64.0 Å². The Bertz CT molecular complexity index is 1150. The van der Waals surface area contributed by atoms with E-state index in [2.05, 4.69) is 4.99 Å². The molecule has 0 fully saturated rings. The van der Waals surface area contributed by atoms with Crippen LogP contribution in [0.1, 0.15) is 0 Å². The van der Waals surface area contributed by atoms with Crippen LogP contribution in [-0.2, 0) is 32.7 Å². The Labute approximate surface area is 235 Å². The van der Waals surface area contributed by atoms with Crippen molar-refractivity contribution < 1.29 is 51.8 Å². The molecule has 0 aromatic heterocycles. The molecule has 0 saturated carbocycles. The Morgan fingerprint density at radius 3 is 2.08 bits per heavy atom. The Morgan fingerprint density at radius 2 is 1.50 bits per heavy atom. The van der Waals surface area contributed by atoms with Crippen LogP contribution in [-0.4, -0.2) is 65.2 Å². The van der Waals surface area contributed by atoms with E-state index in [0.717, 1.165) is 0 Å². The Hall–Kier alpha value is -3.43. The van der Waals surface area contributed by atoms with Crippen molar-refractivity contribution in [1.82, 2.24) is 14.7 Å². The van der Waals surface area contributed by atoms with Gasteiger partial charge >= 0.3 is 12.2 Å². The van der Waals surface area contributed by atoms with Gasteiger partial charge in [-0.1, -0.05) is 60.7 Å². The van der Waals surface area contributed by atoms with E-state index < -0.39 is 6.09 Å². The summed E-state index contributed by atoms with van der Waals surface area (Å²) in [6, 6.07) is 17.9. The quantitative estimate of drug-likeness (QED) is 0.497. The summed E-state index contributed by atoms with van der Waals surface area (Å²) in [5.74, 6) is 1.25. The van der Waals surface area contributed by atoms with Gasteiger partial charge in [0.15, 0.2) is 0 Å². The minimum Gasteiger partial charge on any atom is -0.420 e. The predicted molar refractivity (Wildman–Crippen MR) is 133 cm³/mol. The van der Waals surface area contributed by atoms with Gasteiger partial charge in [0.1, 0.15) is 11.5 Å². The van der Waals surface area contributed by atoms with Crippen molar-refractivity contribution in [3.05, 3.63) is 103 Å². The molecule has 183 valence electrons. The average Bonchev–Trinajstić information content (AvgIpc) is 3.19. The zero-order valence-electron chi connectivity index (χ0n) is 19.8. The van der Waals surface area contributed by atoms with Crippen molar-refractivity contribution >= 4 is 18.1 Å². The van der Waals surface area contributed by atoms with Crippen LogP contribution in [0.25, 0.3) is 5.73 Å². The van der Waals surface area contributed by atoms with Crippen molar-refractivity contribution in [2.24, 2.45) is 4.99 Å². The number of amides is 2. The normalized spacial score (nSPS) is 19.4. The molecule has 3 heterocycles. The van der Waals surface area contributed by atoms with E-state index in [4.69, 9.17) is 15.2 Å². The van der Waals surface area contributed by atoms with Crippen LogP contribution >= 0.6 is 0 Å². The number of guanidine groups is 1. The molecule has 0 spiro atoms. The third-order valence-corrected chi connectivity index (χ3v) is 5.48. The number of nitrogens with zero attached hydrogens (tertiary/aromatic N) is 4. The number of ether oxygens (including phenoxy) is 2. The Balaban J connectivity index is 0.000000203. The average molecular weight is 561 g/mol. The van der Waals surface area contributed by atoms with Crippen molar-refractivity contribution in [2.45, 2.75) is 12.2 Å².